The molecule has 2 nitrogen and oxygen atoms in total. The summed E-state index contributed by atoms with van der Waals surface area (Å²) in [6.45, 7) is 0.785. The molecule has 94 valence electrons. The van der Waals surface area contributed by atoms with E-state index < -0.39 is 0 Å². The Morgan fingerprint density at radius 1 is 1.22 bits per heavy atom. The Hall–Kier alpha value is -1.28. The maximum atomic E-state index is 11.9. The predicted molar refractivity (Wildman–Crippen MR) is 72.6 cm³/mol. The van der Waals surface area contributed by atoms with E-state index in [2.05, 4.69) is 17.5 Å². The third-order valence-electron chi connectivity index (χ3n) is 4.05. The summed E-state index contributed by atoms with van der Waals surface area (Å²) in [7, 11) is 0. The highest BCUT2D eigenvalue weighted by molar-refractivity contribution is 6.30. The average molecular weight is 262 g/mol. The summed E-state index contributed by atoms with van der Waals surface area (Å²) in [5.41, 5.74) is 0.679. The van der Waals surface area contributed by atoms with Gasteiger partial charge in [0.05, 0.1) is 0 Å². The van der Waals surface area contributed by atoms with Crippen molar-refractivity contribution >= 4 is 17.5 Å². The van der Waals surface area contributed by atoms with Crippen molar-refractivity contribution in [1.82, 2.24) is 5.32 Å². The quantitative estimate of drug-likeness (QED) is 0.832. The lowest BCUT2D eigenvalue weighted by Gasteiger charge is -2.18. The first-order valence-electron chi connectivity index (χ1n) is 6.44. The standard InChI is InChI=1S/C15H16ClNO/c16-14-5-3-11(4-6-14)15(18)17-9-13-8-10-1-2-12(13)7-10/h1-6,10,12-13H,7-9H2,(H,17,18)/t10-,12+,13-/m1/s1. The Labute approximate surface area is 112 Å². The van der Waals surface area contributed by atoms with Gasteiger partial charge < -0.3 is 5.32 Å². The molecule has 1 N–H and O–H groups in total. The van der Waals surface area contributed by atoms with Crippen LogP contribution in [0.2, 0.25) is 5.02 Å². The zero-order valence-electron chi connectivity index (χ0n) is 10.1. The smallest absolute Gasteiger partial charge is 0.251 e. The lowest BCUT2D eigenvalue weighted by atomic mass is 9.93. The lowest BCUT2D eigenvalue weighted by Crippen LogP contribution is -2.30. The molecule has 0 radical (unpaired) electrons. The van der Waals surface area contributed by atoms with Crippen LogP contribution in [-0.2, 0) is 0 Å². The molecular formula is C15H16ClNO. The number of carbonyl (C=O) groups is 1. The van der Waals surface area contributed by atoms with Crippen molar-refractivity contribution in [3.05, 3.63) is 47.0 Å². The van der Waals surface area contributed by atoms with Crippen molar-refractivity contribution in [2.45, 2.75) is 12.8 Å². The molecule has 3 atom stereocenters. The van der Waals surface area contributed by atoms with Crippen LogP contribution in [0.3, 0.4) is 0 Å². The normalized spacial score (nSPS) is 28.6. The van der Waals surface area contributed by atoms with Gasteiger partial charge in [-0.2, -0.15) is 0 Å². The van der Waals surface area contributed by atoms with E-state index in [9.17, 15) is 4.79 Å². The van der Waals surface area contributed by atoms with E-state index in [1.54, 1.807) is 24.3 Å². The van der Waals surface area contributed by atoms with E-state index in [4.69, 9.17) is 11.6 Å². The van der Waals surface area contributed by atoms with Gasteiger partial charge in [-0.05, 0) is 54.9 Å². The summed E-state index contributed by atoms with van der Waals surface area (Å²) in [4.78, 5) is 11.9. The van der Waals surface area contributed by atoms with Gasteiger partial charge in [0.25, 0.3) is 5.91 Å². The molecule has 2 bridgehead atoms. The molecule has 0 aliphatic heterocycles. The third-order valence-corrected chi connectivity index (χ3v) is 4.30. The first-order chi connectivity index (χ1) is 8.72. The zero-order chi connectivity index (χ0) is 12.5. The molecule has 3 rings (SSSR count). The predicted octanol–water partition coefficient (Wildman–Crippen LogP) is 3.28. The number of rotatable bonds is 3. The Morgan fingerprint density at radius 3 is 2.61 bits per heavy atom. The lowest BCUT2D eigenvalue weighted by molar-refractivity contribution is 0.0945. The van der Waals surface area contributed by atoms with Crippen LogP contribution >= 0.6 is 11.6 Å². The fourth-order valence-electron chi connectivity index (χ4n) is 3.06. The van der Waals surface area contributed by atoms with Crippen LogP contribution in [0.1, 0.15) is 23.2 Å². The molecule has 2 aliphatic carbocycles. The summed E-state index contributed by atoms with van der Waals surface area (Å²) in [5, 5.41) is 3.69. The van der Waals surface area contributed by atoms with Gasteiger partial charge in [0, 0.05) is 17.1 Å². The molecule has 3 heteroatoms. The van der Waals surface area contributed by atoms with Crippen molar-refractivity contribution in [3.63, 3.8) is 0 Å². The molecule has 0 unspecified atom stereocenters. The Kier molecular flexibility index (Phi) is 3.13. The molecule has 1 aromatic rings. The maximum Gasteiger partial charge on any atom is 0.251 e. The third kappa shape index (κ3) is 2.30. The van der Waals surface area contributed by atoms with Crippen molar-refractivity contribution in [2.24, 2.45) is 17.8 Å². The number of carbonyl (C=O) groups excluding carboxylic acids is 1. The number of fused-ring (bicyclic) bond motifs is 2. The molecular weight excluding hydrogens is 246 g/mol. The van der Waals surface area contributed by atoms with Gasteiger partial charge in [0.1, 0.15) is 0 Å². The minimum Gasteiger partial charge on any atom is -0.352 e. The number of hydrogen-bond donors (Lipinski definition) is 1. The number of benzene rings is 1. The van der Waals surface area contributed by atoms with Crippen molar-refractivity contribution in [1.29, 1.82) is 0 Å². The SMILES string of the molecule is O=C(NC[C@H]1C[C@@H]2C=C[C@H]1C2)c1ccc(Cl)cc1. The average Bonchev–Trinajstić information content (AvgIpc) is 2.99. The molecule has 1 saturated carbocycles. The number of amides is 1. The summed E-state index contributed by atoms with van der Waals surface area (Å²) in [6, 6.07) is 7.02. The van der Waals surface area contributed by atoms with E-state index in [0.29, 0.717) is 22.4 Å². The van der Waals surface area contributed by atoms with Gasteiger partial charge in [-0.1, -0.05) is 23.8 Å². The minimum absolute atomic E-state index is 0.00146. The van der Waals surface area contributed by atoms with Crippen molar-refractivity contribution in [3.8, 4) is 0 Å². The highest BCUT2D eigenvalue weighted by atomic mass is 35.5. The van der Waals surface area contributed by atoms with Gasteiger partial charge in [0.2, 0.25) is 0 Å². The van der Waals surface area contributed by atoms with Gasteiger partial charge in [-0.3, -0.25) is 4.79 Å². The van der Waals surface area contributed by atoms with Crippen LogP contribution in [0.4, 0.5) is 0 Å². The van der Waals surface area contributed by atoms with E-state index in [-0.39, 0.29) is 5.91 Å². The molecule has 1 amide bonds. The maximum absolute atomic E-state index is 11.9. The Bertz CT molecular complexity index is 480. The first-order valence-corrected chi connectivity index (χ1v) is 6.82. The van der Waals surface area contributed by atoms with Crippen LogP contribution in [0.5, 0.6) is 0 Å². The second-order valence-corrected chi connectivity index (χ2v) is 5.69. The number of hydrogen-bond acceptors (Lipinski definition) is 1. The second kappa shape index (κ2) is 4.77. The summed E-state index contributed by atoms with van der Waals surface area (Å²) in [5.74, 6) is 2.06. The fraction of sp³-hybridized carbons (Fsp3) is 0.400. The van der Waals surface area contributed by atoms with Crippen LogP contribution in [0.15, 0.2) is 36.4 Å². The molecule has 0 heterocycles. The van der Waals surface area contributed by atoms with E-state index in [1.165, 1.54) is 12.8 Å². The summed E-state index contributed by atoms with van der Waals surface area (Å²) >= 11 is 5.80. The molecule has 1 fully saturated rings. The molecule has 2 aliphatic rings. The molecule has 0 aromatic heterocycles. The number of halogens is 1. The van der Waals surface area contributed by atoms with Gasteiger partial charge in [0.15, 0.2) is 0 Å². The van der Waals surface area contributed by atoms with E-state index in [1.807, 2.05) is 0 Å². The van der Waals surface area contributed by atoms with Crippen LogP contribution in [0, 0.1) is 17.8 Å². The van der Waals surface area contributed by atoms with E-state index in [0.717, 1.165) is 12.5 Å². The van der Waals surface area contributed by atoms with E-state index >= 15 is 0 Å². The molecule has 1 aromatic carbocycles. The topological polar surface area (TPSA) is 29.1 Å². The van der Waals surface area contributed by atoms with Gasteiger partial charge in [-0.25, -0.2) is 0 Å². The minimum atomic E-state index is -0.00146. The molecule has 0 spiro atoms. The largest absolute Gasteiger partial charge is 0.352 e. The highest BCUT2D eigenvalue weighted by Gasteiger charge is 2.35. The van der Waals surface area contributed by atoms with Gasteiger partial charge >= 0.3 is 0 Å². The molecule has 18 heavy (non-hydrogen) atoms. The monoisotopic (exact) mass is 261 g/mol. The second-order valence-electron chi connectivity index (χ2n) is 5.26. The molecule has 0 saturated heterocycles. The number of allylic oxidation sites excluding steroid dienone is 2. The summed E-state index contributed by atoms with van der Waals surface area (Å²) < 4.78 is 0. The zero-order valence-corrected chi connectivity index (χ0v) is 10.9. The Balaban J connectivity index is 1.56. The van der Waals surface area contributed by atoms with Crippen molar-refractivity contribution in [2.75, 3.05) is 6.54 Å². The fourth-order valence-corrected chi connectivity index (χ4v) is 3.18. The summed E-state index contributed by atoms with van der Waals surface area (Å²) in [6.07, 6.45) is 7.14. The van der Waals surface area contributed by atoms with Crippen molar-refractivity contribution < 1.29 is 4.79 Å². The van der Waals surface area contributed by atoms with Gasteiger partial charge in [-0.15, -0.1) is 0 Å². The van der Waals surface area contributed by atoms with Crippen LogP contribution in [-0.4, -0.2) is 12.5 Å². The first kappa shape index (κ1) is 11.8. The van der Waals surface area contributed by atoms with Crippen LogP contribution in [0.25, 0.3) is 0 Å². The Morgan fingerprint density at radius 2 is 2.00 bits per heavy atom. The highest BCUT2D eigenvalue weighted by Crippen LogP contribution is 2.42. The van der Waals surface area contributed by atoms with Crippen LogP contribution < -0.4 is 5.32 Å². The number of nitrogens with one attached hydrogen (secondary N) is 1.